The second kappa shape index (κ2) is 9.88. The molecule has 0 unspecified atom stereocenters. The molecule has 0 aromatic heterocycles. The summed E-state index contributed by atoms with van der Waals surface area (Å²) in [4.78, 5) is 26.2. The Morgan fingerprint density at radius 3 is 2.61 bits per heavy atom. The van der Waals surface area contributed by atoms with Gasteiger partial charge in [-0.1, -0.05) is 19.9 Å². The van der Waals surface area contributed by atoms with Crippen LogP contribution in [0.3, 0.4) is 0 Å². The monoisotopic (exact) mass is 411 g/mol. The smallest absolute Gasteiger partial charge is 0.409 e. The topological polar surface area (TPSA) is 96.0 Å². The van der Waals surface area contributed by atoms with Crippen molar-refractivity contribution >= 4 is 27.7 Å². The molecule has 9 heteroatoms. The first-order chi connectivity index (χ1) is 13.3. The molecule has 2 amide bonds. The third-order valence-electron chi connectivity index (χ3n) is 4.76. The number of carbonyl (C=O) groups excluding carboxylic acids is 2. The van der Waals surface area contributed by atoms with Crippen molar-refractivity contribution in [3.8, 4) is 0 Å². The largest absolute Gasteiger partial charge is 0.450 e. The van der Waals surface area contributed by atoms with Crippen LogP contribution in [0.2, 0.25) is 0 Å². The highest BCUT2D eigenvalue weighted by Gasteiger charge is 2.29. The predicted octanol–water partition coefficient (Wildman–Crippen LogP) is 2.52. The number of likely N-dealkylation sites (tertiary alicyclic amines) is 1. The summed E-state index contributed by atoms with van der Waals surface area (Å²) in [5.74, 6) is -0.590. The van der Waals surface area contributed by atoms with E-state index in [1.54, 1.807) is 37.8 Å². The average Bonchev–Trinajstić information content (AvgIpc) is 2.69. The van der Waals surface area contributed by atoms with E-state index < -0.39 is 16.1 Å². The zero-order valence-electron chi connectivity index (χ0n) is 16.7. The Balaban J connectivity index is 2.09. The number of ether oxygens (including phenoxy) is 1. The zero-order valence-corrected chi connectivity index (χ0v) is 17.5. The van der Waals surface area contributed by atoms with Crippen molar-refractivity contribution in [2.75, 3.05) is 38.1 Å². The maximum absolute atomic E-state index is 12.7. The first-order valence-corrected chi connectivity index (χ1v) is 11.1. The summed E-state index contributed by atoms with van der Waals surface area (Å²) in [6.45, 7) is 7.21. The number of nitrogens with zero attached hydrogens (tertiary/aromatic N) is 2. The molecule has 1 aliphatic rings. The van der Waals surface area contributed by atoms with Gasteiger partial charge in [-0.25, -0.2) is 13.2 Å². The molecule has 0 saturated carbocycles. The minimum atomic E-state index is -3.60. The fourth-order valence-electron chi connectivity index (χ4n) is 3.26. The molecule has 0 aliphatic carbocycles. The molecule has 0 spiro atoms. The van der Waals surface area contributed by atoms with E-state index in [4.69, 9.17) is 4.74 Å². The Morgan fingerprint density at radius 1 is 1.25 bits per heavy atom. The Bertz CT molecular complexity index is 793. The fourth-order valence-corrected chi connectivity index (χ4v) is 4.77. The number of nitrogens with one attached hydrogen (secondary N) is 1. The lowest BCUT2D eigenvalue weighted by atomic mass is 9.97. The predicted molar refractivity (Wildman–Crippen MR) is 106 cm³/mol. The number of amides is 2. The van der Waals surface area contributed by atoms with E-state index in [2.05, 4.69) is 5.32 Å². The lowest BCUT2D eigenvalue weighted by Gasteiger charge is -2.31. The van der Waals surface area contributed by atoms with Crippen LogP contribution < -0.4 is 5.32 Å². The molecule has 0 radical (unpaired) electrons. The third kappa shape index (κ3) is 5.23. The Kier molecular flexibility index (Phi) is 7.82. The number of rotatable bonds is 7. The highest BCUT2D eigenvalue weighted by atomic mass is 32.2. The van der Waals surface area contributed by atoms with Gasteiger partial charge in [0.2, 0.25) is 15.9 Å². The minimum Gasteiger partial charge on any atom is -0.450 e. The van der Waals surface area contributed by atoms with Crippen LogP contribution in [0.1, 0.15) is 33.6 Å². The van der Waals surface area contributed by atoms with Gasteiger partial charge in [-0.2, -0.15) is 4.31 Å². The Morgan fingerprint density at radius 2 is 1.96 bits per heavy atom. The van der Waals surface area contributed by atoms with Crippen LogP contribution in [0, 0.1) is 5.92 Å². The molecule has 1 saturated heterocycles. The van der Waals surface area contributed by atoms with Gasteiger partial charge in [-0.15, -0.1) is 0 Å². The highest BCUT2D eigenvalue weighted by Crippen LogP contribution is 2.22. The van der Waals surface area contributed by atoms with E-state index in [-0.39, 0.29) is 16.7 Å². The summed E-state index contributed by atoms with van der Waals surface area (Å²) in [5, 5.41) is 2.79. The fraction of sp³-hybridized carbons (Fsp3) is 0.579. The van der Waals surface area contributed by atoms with E-state index in [1.807, 2.05) is 0 Å². The molecule has 1 fully saturated rings. The zero-order chi connectivity index (χ0) is 20.7. The van der Waals surface area contributed by atoms with Crippen molar-refractivity contribution < 1.29 is 22.7 Å². The molecule has 1 N–H and O–H groups in total. The van der Waals surface area contributed by atoms with E-state index in [9.17, 15) is 18.0 Å². The van der Waals surface area contributed by atoms with Crippen LogP contribution in [-0.4, -0.2) is 62.4 Å². The van der Waals surface area contributed by atoms with Crippen LogP contribution in [0.5, 0.6) is 0 Å². The van der Waals surface area contributed by atoms with Gasteiger partial charge in [0.15, 0.2) is 0 Å². The van der Waals surface area contributed by atoms with Crippen molar-refractivity contribution in [1.29, 1.82) is 0 Å². The van der Waals surface area contributed by atoms with Crippen LogP contribution in [0.25, 0.3) is 0 Å². The number of hydrogen-bond donors (Lipinski definition) is 1. The molecule has 28 heavy (non-hydrogen) atoms. The maximum Gasteiger partial charge on any atom is 0.409 e. The standard InChI is InChI=1S/C19H29N3O5S/c1-4-22(5-2)28(25,26)17-11-7-10-16(13-17)20-18(23)15-9-8-12-21(14-15)19(24)27-6-3/h7,10-11,13,15H,4-6,8-9,12,14H2,1-3H3,(H,20,23)/t15-/m0/s1. The van der Waals surface area contributed by atoms with Crippen LogP contribution >= 0.6 is 0 Å². The van der Waals surface area contributed by atoms with Gasteiger partial charge in [0, 0.05) is 31.9 Å². The number of carbonyl (C=O) groups is 2. The molecule has 1 heterocycles. The third-order valence-corrected chi connectivity index (χ3v) is 6.81. The summed E-state index contributed by atoms with van der Waals surface area (Å²) < 4.78 is 31.7. The molecule has 8 nitrogen and oxygen atoms in total. The van der Waals surface area contributed by atoms with Crippen molar-refractivity contribution in [2.24, 2.45) is 5.92 Å². The van der Waals surface area contributed by atoms with E-state index >= 15 is 0 Å². The molecule has 156 valence electrons. The quantitative estimate of drug-likeness (QED) is 0.744. The molecule has 1 aromatic rings. The average molecular weight is 412 g/mol. The number of anilines is 1. The minimum absolute atomic E-state index is 0.144. The molecule has 1 atom stereocenters. The molecular formula is C19H29N3O5S. The number of benzene rings is 1. The summed E-state index contributed by atoms with van der Waals surface area (Å²) in [6, 6.07) is 6.26. The van der Waals surface area contributed by atoms with E-state index in [1.165, 1.54) is 16.4 Å². The molecule has 1 aliphatic heterocycles. The SMILES string of the molecule is CCOC(=O)N1CCC[C@H](C(=O)Nc2cccc(S(=O)(=O)N(CC)CC)c2)C1. The summed E-state index contributed by atoms with van der Waals surface area (Å²) in [5.41, 5.74) is 0.423. The molecular weight excluding hydrogens is 382 g/mol. The second-order valence-corrected chi connectivity index (χ2v) is 8.53. The van der Waals surface area contributed by atoms with Crippen molar-refractivity contribution in [1.82, 2.24) is 9.21 Å². The molecule has 2 rings (SSSR count). The van der Waals surface area contributed by atoms with Gasteiger partial charge in [0.25, 0.3) is 0 Å². The highest BCUT2D eigenvalue weighted by molar-refractivity contribution is 7.89. The van der Waals surface area contributed by atoms with E-state index in [0.29, 0.717) is 51.3 Å². The van der Waals surface area contributed by atoms with Gasteiger partial charge in [-0.3, -0.25) is 4.79 Å². The van der Waals surface area contributed by atoms with Crippen molar-refractivity contribution in [2.45, 2.75) is 38.5 Å². The molecule has 0 bridgehead atoms. The van der Waals surface area contributed by atoms with Gasteiger partial charge in [0.1, 0.15) is 0 Å². The van der Waals surface area contributed by atoms with Gasteiger partial charge >= 0.3 is 6.09 Å². The summed E-state index contributed by atoms with van der Waals surface area (Å²) in [6.07, 6.45) is 0.972. The normalized spacial score (nSPS) is 17.4. The van der Waals surface area contributed by atoms with Gasteiger partial charge < -0.3 is 15.0 Å². The maximum atomic E-state index is 12.7. The Labute approximate surface area is 166 Å². The summed E-state index contributed by atoms with van der Waals surface area (Å²) in [7, 11) is -3.60. The lowest BCUT2D eigenvalue weighted by molar-refractivity contribution is -0.121. The number of piperidine rings is 1. The Hall–Kier alpha value is -2.13. The molecule has 1 aromatic carbocycles. The second-order valence-electron chi connectivity index (χ2n) is 6.59. The summed E-state index contributed by atoms with van der Waals surface area (Å²) >= 11 is 0. The van der Waals surface area contributed by atoms with Crippen LogP contribution in [0.4, 0.5) is 10.5 Å². The van der Waals surface area contributed by atoms with Gasteiger partial charge in [0.05, 0.1) is 17.4 Å². The number of hydrogen-bond acceptors (Lipinski definition) is 5. The van der Waals surface area contributed by atoms with E-state index in [0.717, 1.165) is 0 Å². The number of sulfonamides is 1. The van der Waals surface area contributed by atoms with Gasteiger partial charge in [-0.05, 0) is 38.0 Å². The van der Waals surface area contributed by atoms with Crippen LogP contribution in [-0.2, 0) is 19.6 Å². The first-order valence-electron chi connectivity index (χ1n) is 9.66. The van der Waals surface area contributed by atoms with Crippen molar-refractivity contribution in [3.63, 3.8) is 0 Å². The van der Waals surface area contributed by atoms with Crippen molar-refractivity contribution in [3.05, 3.63) is 24.3 Å². The first kappa shape index (κ1) is 22.2. The van der Waals surface area contributed by atoms with Crippen LogP contribution in [0.15, 0.2) is 29.2 Å². The lowest BCUT2D eigenvalue weighted by Crippen LogP contribution is -2.44.